The predicted molar refractivity (Wildman–Crippen MR) is 57.2 cm³/mol. The van der Waals surface area contributed by atoms with Crippen molar-refractivity contribution >= 4 is 5.97 Å². The highest BCUT2D eigenvalue weighted by atomic mass is 16.6. The van der Waals surface area contributed by atoms with Gasteiger partial charge in [0, 0.05) is 6.42 Å². The second-order valence-corrected chi connectivity index (χ2v) is 6.02. The number of hydrogen-bond acceptors (Lipinski definition) is 2. The first-order valence-corrected chi connectivity index (χ1v) is 5.92. The van der Waals surface area contributed by atoms with Crippen molar-refractivity contribution in [3.05, 3.63) is 12.2 Å². The van der Waals surface area contributed by atoms with Gasteiger partial charge in [0.15, 0.2) is 0 Å². The predicted octanol–water partition coefficient (Wildman–Crippen LogP) is 2.68. The second-order valence-electron chi connectivity index (χ2n) is 6.02. The Morgan fingerprint density at radius 2 is 2.20 bits per heavy atom. The average molecular weight is 206 g/mol. The monoisotopic (exact) mass is 206 g/mol. The van der Waals surface area contributed by atoms with Crippen LogP contribution in [-0.2, 0) is 9.53 Å². The van der Waals surface area contributed by atoms with E-state index in [1.54, 1.807) is 0 Å². The number of carbonyl (C=O) groups is 1. The van der Waals surface area contributed by atoms with E-state index in [2.05, 4.69) is 26.0 Å². The summed E-state index contributed by atoms with van der Waals surface area (Å²) in [4.78, 5) is 12.0. The van der Waals surface area contributed by atoms with Crippen LogP contribution in [0, 0.1) is 16.7 Å². The van der Waals surface area contributed by atoms with E-state index in [0.717, 1.165) is 25.7 Å². The first-order valence-electron chi connectivity index (χ1n) is 5.92. The molecular formula is C13H18O2. The third kappa shape index (κ3) is 1.08. The minimum absolute atomic E-state index is 0.0763. The summed E-state index contributed by atoms with van der Waals surface area (Å²) in [6.07, 6.45) is 8.71. The normalized spacial score (nSPS) is 46.1. The molecule has 15 heavy (non-hydrogen) atoms. The van der Waals surface area contributed by atoms with E-state index in [4.69, 9.17) is 4.74 Å². The third-order valence-electron chi connectivity index (χ3n) is 4.55. The second kappa shape index (κ2) is 2.66. The van der Waals surface area contributed by atoms with Crippen LogP contribution in [0.3, 0.4) is 0 Å². The lowest BCUT2D eigenvalue weighted by Crippen LogP contribution is -2.46. The molecule has 82 valence electrons. The number of allylic oxidation sites excluding steroid dienone is 2. The number of esters is 1. The summed E-state index contributed by atoms with van der Waals surface area (Å²) in [5, 5.41) is 0. The highest BCUT2D eigenvalue weighted by molar-refractivity contribution is 5.80. The molecule has 2 heteroatoms. The van der Waals surface area contributed by atoms with Crippen LogP contribution in [0.1, 0.15) is 39.5 Å². The molecule has 1 spiro atoms. The zero-order valence-electron chi connectivity index (χ0n) is 9.45. The SMILES string of the molecule is CC1(C)C[C@@H]2C[C@@]3(CCC=C[C@@H]13)C(=O)O2. The summed E-state index contributed by atoms with van der Waals surface area (Å²) < 4.78 is 5.51. The smallest absolute Gasteiger partial charge is 0.313 e. The maximum absolute atomic E-state index is 12.0. The van der Waals surface area contributed by atoms with Gasteiger partial charge in [0.25, 0.3) is 0 Å². The molecule has 3 rings (SSSR count). The molecule has 0 aromatic rings. The lowest BCUT2D eigenvalue weighted by molar-refractivity contribution is -0.149. The molecule has 2 bridgehead atoms. The number of carbonyl (C=O) groups excluding carboxylic acids is 1. The zero-order chi connectivity index (χ0) is 10.7. The van der Waals surface area contributed by atoms with Gasteiger partial charge in [-0.25, -0.2) is 0 Å². The van der Waals surface area contributed by atoms with E-state index < -0.39 is 0 Å². The Morgan fingerprint density at radius 1 is 1.40 bits per heavy atom. The third-order valence-corrected chi connectivity index (χ3v) is 4.55. The van der Waals surface area contributed by atoms with Crippen molar-refractivity contribution in [2.45, 2.75) is 45.6 Å². The van der Waals surface area contributed by atoms with Gasteiger partial charge in [-0.15, -0.1) is 0 Å². The molecule has 0 amide bonds. The first kappa shape index (κ1) is 9.44. The molecule has 2 aliphatic carbocycles. The fourth-order valence-electron chi connectivity index (χ4n) is 4.01. The molecule has 0 aromatic heterocycles. The molecule has 0 aromatic carbocycles. The van der Waals surface area contributed by atoms with Crippen LogP contribution >= 0.6 is 0 Å². The van der Waals surface area contributed by atoms with Crippen LogP contribution in [0.15, 0.2) is 12.2 Å². The van der Waals surface area contributed by atoms with Crippen LogP contribution in [-0.4, -0.2) is 12.1 Å². The number of rotatable bonds is 0. The lowest BCUT2D eigenvalue weighted by atomic mass is 9.53. The molecule has 1 saturated carbocycles. The summed E-state index contributed by atoms with van der Waals surface area (Å²) in [7, 11) is 0. The van der Waals surface area contributed by atoms with E-state index in [1.165, 1.54) is 0 Å². The Hall–Kier alpha value is -0.790. The van der Waals surface area contributed by atoms with Gasteiger partial charge in [0.1, 0.15) is 6.10 Å². The minimum Gasteiger partial charge on any atom is -0.462 e. The van der Waals surface area contributed by atoms with Crippen molar-refractivity contribution in [3.8, 4) is 0 Å². The van der Waals surface area contributed by atoms with E-state index in [-0.39, 0.29) is 22.9 Å². The van der Waals surface area contributed by atoms with Crippen LogP contribution in [0.25, 0.3) is 0 Å². The Balaban J connectivity index is 2.11. The maximum Gasteiger partial charge on any atom is 0.313 e. The van der Waals surface area contributed by atoms with Gasteiger partial charge in [-0.05, 0) is 30.6 Å². The number of ether oxygens (including phenoxy) is 1. The van der Waals surface area contributed by atoms with Gasteiger partial charge < -0.3 is 4.74 Å². The summed E-state index contributed by atoms with van der Waals surface area (Å²) in [5.74, 6) is 0.470. The maximum atomic E-state index is 12.0. The van der Waals surface area contributed by atoms with Crippen LogP contribution in [0.5, 0.6) is 0 Å². The van der Waals surface area contributed by atoms with Crippen molar-refractivity contribution in [2.75, 3.05) is 0 Å². The Bertz CT molecular complexity index is 342. The van der Waals surface area contributed by atoms with Crippen molar-refractivity contribution in [2.24, 2.45) is 16.7 Å². The van der Waals surface area contributed by atoms with Crippen molar-refractivity contribution in [1.82, 2.24) is 0 Å². The minimum atomic E-state index is -0.166. The van der Waals surface area contributed by atoms with Gasteiger partial charge in [0.05, 0.1) is 5.41 Å². The average Bonchev–Trinajstić information content (AvgIpc) is 2.39. The Labute approximate surface area is 90.7 Å². The summed E-state index contributed by atoms with van der Waals surface area (Å²) >= 11 is 0. The molecule has 1 aliphatic heterocycles. The van der Waals surface area contributed by atoms with Crippen molar-refractivity contribution in [3.63, 3.8) is 0 Å². The zero-order valence-corrected chi connectivity index (χ0v) is 9.45. The van der Waals surface area contributed by atoms with E-state index >= 15 is 0 Å². The molecule has 1 heterocycles. The fourth-order valence-corrected chi connectivity index (χ4v) is 4.01. The Morgan fingerprint density at radius 3 is 3.00 bits per heavy atom. The molecule has 2 nitrogen and oxygen atoms in total. The van der Waals surface area contributed by atoms with Gasteiger partial charge >= 0.3 is 5.97 Å². The summed E-state index contributed by atoms with van der Waals surface area (Å²) in [5.41, 5.74) is 0.0488. The first-order chi connectivity index (χ1) is 7.05. The quantitative estimate of drug-likeness (QED) is 0.450. The van der Waals surface area contributed by atoms with E-state index in [9.17, 15) is 4.79 Å². The van der Waals surface area contributed by atoms with Gasteiger partial charge in [0.2, 0.25) is 0 Å². The molecule has 0 N–H and O–H groups in total. The van der Waals surface area contributed by atoms with Crippen LogP contribution in [0.2, 0.25) is 0 Å². The molecule has 0 unspecified atom stereocenters. The molecule has 0 radical (unpaired) electrons. The lowest BCUT2D eigenvalue weighted by Gasteiger charge is -2.47. The highest BCUT2D eigenvalue weighted by Crippen LogP contribution is 2.60. The summed E-state index contributed by atoms with van der Waals surface area (Å²) in [6.45, 7) is 4.55. The van der Waals surface area contributed by atoms with Crippen LogP contribution in [0.4, 0.5) is 0 Å². The van der Waals surface area contributed by atoms with Gasteiger partial charge in [-0.2, -0.15) is 0 Å². The molecule has 3 atom stereocenters. The van der Waals surface area contributed by atoms with Crippen molar-refractivity contribution in [1.29, 1.82) is 0 Å². The number of fused-ring (bicyclic) bond motifs is 1. The van der Waals surface area contributed by atoms with Crippen molar-refractivity contribution < 1.29 is 9.53 Å². The van der Waals surface area contributed by atoms with Gasteiger partial charge in [-0.3, -0.25) is 4.79 Å². The topological polar surface area (TPSA) is 26.3 Å². The fraction of sp³-hybridized carbons (Fsp3) is 0.769. The number of hydrogen-bond donors (Lipinski definition) is 0. The highest BCUT2D eigenvalue weighted by Gasteiger charge is 2.61. The summed E-state index contributed by atoms with van der Waals surface area (Å²) in [6, 6.07) is 0. The molecule has 3 aliphatic rings. The molecule has 2 fully saturated rings. The standard InChI is InChI=1S/C13H18O2/c1-12(2)7-9-8-13(11(14)15-9)6-4-3-5-10(12)13/h3,5,9-10H,4,6-8H2,1-2H3/t9-,10+,13-/m1/s1. The molecule has 1 saturated heterocycles. The molecular weight excluding hydrogens is 188 g/mol. The van der Waals surface area contributed by atoms with Gasteiger partial charge in [-0.1, -0.05) is 26.0 Å². The van der Waals surface area contributed by atoms with E-state index in [1.807, 2.05) is 0 Å². The van der Waals surface area contributed by atoms with E-state index in [0.29, 0.717) is 5.92 Å². The Kier molecular flexibility index (Phi) is 1.67. The van der Waals surface area contributed by atoms with Crippen LogP contribution < -0.4 is 0 Å². The largest absolute Gasteiger partial charge is 0.462 e.